The van der Waals surface area contributed by atoms with Crippen molar-refractivity contribution >= 4 is 11.9 Å². The molecule has 5 nitrogen and oxygen atoms in total. The number of rotatable bonds is 5. The fraction of sp³-hybridized carbons (Fsp3) is 0.800. The SMILES string of the molecule is CC(F)C(=O)O.COC(CF)C(C)NC(C)=O. The molecule has 0 aromatic rings. The predicted molar refractivity (Wildman–Crippen MR) is 58.3 cm³/mol. The van der Waals surface area contributed by atoms with Crippen LogP contribution in [-0.2, 0) is 14.3 Å². The Morgan fingerprint density at radius 2 is 1.82 bits per heavy atom. The van der Waals surface area contributed by atoms with E-state index in [2.05, 4.69) is 5.32 Å². The van der Waals surface area contributed by atoms with E-state index in [0.29, 0.717) is 0 Å². The summed E-state index contributed by atoms with van der Waals surface area (Å²) >= 11 is 0. The van der Waals surface area contributed by atoms with Crippen molar-refractivity contribution in [3.05, 3.63) is 0 Å². The van der Waals surface area contributed by atoms with Gasteiger partial charge in [0.1, 0.15) is 12.8 Å². The van der Waals surface area contributed by atoms with Gasteiger partial charge in [0.2, 0.25) is 5.91 Å². The first-order valence-corrected chi connectivity index (χ1v) is 4.98. The van der Waals surface area contributed by atoms with Crippen LogP contribution in [0.1, 0.15) is 20.8 Å². The maximum absolute atomic E-state index is 12.1. The van der Waals surface area contributed by atoms with E-state index >= 15 is 0 Å². The van der Waals surface area contributed by atoms with Gasteiger partial charge in [-0.2, -0.15) is 0 Å². The van der Waals surface area contributed by atoms with Crippen molar-refractivity contribution in [2.24, 2.45) is 0 Å². The highest BCUT2D eigenvalue weighted by atomic mass is 19.1. The molecule has 0 heterocycles. The monoisotopic (exact) mass is 255 g/mol. The van der Waals surface area contributed by atoms with Crippen molar-refractivity contribution in [3.63, 3.8) is 0 Å². The van der Waals surface area contributed by atoms with Crippen molar-refractivity contribution in [3.8, 4) is 0 Å². The van der Waals surface area contributed by atoms with Crippen LogP contribution in [0.25, 0.3) is 0 Å². The molecule has 0 saturated heterocycles. The zero-order valence-corrected chi connectivity index (χ0v) is 10.4. The third-order valence-corrected chi connectivity index (χ3v) is 1.78. The number of methoxy groups -OCH3 is 1. The smallest absolute Gasteiger partial charge is 0.337 e. The molecular weight excluding hydrogens is 236 g/mol. The number of ether oxygens (including phenoxy) is 1. The molecule has 0 aliphatic heterocycles. The quantitative estimate of drug-likeness (QED) is 0.766. The number of hydrogen-bond donors (Lipinski definition) is 2. The molecule has 0 saturated carbocycles. The van der Waals surface area contributed by atoms with Crippen LogP contribution in [0, 0.1) is 0 Å². The molecule has 0 rings (SSSR count). The van der Waals surface area contributed by atoms with E-state index in [9.17, 15) is 18.4 Å². The first-order valence-electron chi connectivity index (χ1n) is 4.98. The number of halogens is 2. The Kier molecular flexibility index (Phi) is 10.6. The van der Waals surface area contributed by atoms with Gasteiger partial charge in [-0.3, -0.25) is 4.79 Å². The van der Waals surface area contributed by atoms with Crippen molar-refractivity contribution < 1.29 is 28.2 Å². The summed E-state index contributed by atoms with van der Waals surface area (Å²) in [4.78, 5) is 19.8. The second kappa shape index (κ2) is 9.95. The molecule has 0 fully saturated rings. The largest absolute Gasteiger partial charge is 0.479 e. The maximum Gasteiger partial charge on any atom is 0.337 e. The molecule has 0 radical (unpaired) electrons. The van der Waals surface area contributed by atoms with Gasteiger partial charge in [0, 0.05) is 14.0 Å². The molecule has 3 atom stereocenters. The number of alkyl halides is 2. The van der Waals surface area contributed by atoms with Crippen LogP contribution in [0.3, 0.4) is 0 Å². The number of aliphatic carboxylic acids is 1. The van der Waals surface area contributed by atoms with Gasteiger partial charge in [-0.05, 0) is 13.8 Å². The van der Waals surface area contributed by atoms with Crippen LogP contribution in [-0.4, -0.2) is 49.1 Å². The fourth-order valence-corrected chi connectivity index (χ4v) is 0.814. The van der Waals surface area contributed by atoms with Gasteiger partial charge in [-0.15, -0.1) is 0 Å². The first kappa shape index (κ1) is 18.1. The number of carbonyl (C=O) groups is 2. The minimum Gasteiger partial charge on any atom is -0.479 e. The lowest BCUT2D eigenvalue weighted by Crippen LogP contribution is -2.42. The predicted octanol–water partition coefficient (Wildman–Crippen LogP) is 0.924. The van der Waals surface area contributed by atoms with Crippen molar-refractivity contribution in [2.75, 3.05) is 13.8 Å². The number of hydrogen-bond acceptors (Lipinski definition) is 3. The molecule has 0 bridgehead atoms. The van der Waals surface area contributed by atoms with Crippen LogP contribution in [0.5, 0.6) is 0 Å². The van der Waals surface area contributed by atoms with Gasteiger partial charge in [0.25, 0.3) is 0 Å². The Morgan fingerprint density at radius 1 is 1.41 bits per heavy atom. The summed E-state index contributed by atoms with van der Waals surface area (Å²) in [6.07, 6.45) is -2.27. The Labute approximate surface area is 99.1 Å². The van der Waals surface area contributed by atoms with Gasteiger partial charge in [0.15, 0.2) is 6.17 Å². The summed E-state index contributed by atoms with van der Waals surface area (Å²) in [6.45, 7) is 3.48. The van der Waals surface area contributed by atoms with E-state index in [0.717, 1.165) is 6.92 Å². The van der Waals surface area contributed by atoms with E-state index in [1.165, 1.54) is 14.0 Å². The lowest BCUT2D eigenvalue weighted by Gasteiger charge is -2.19. The summed E-state index contributed by atoms with van der Waals surface area (Å²) in [6, 6.07) is -0.275. The number of carboxylic acid groups (broad SMARTS) is 1. The Morgan fingerprint density at radius 3 is 2.00 bits per heavy atom. The van der Waals surface area contributed by atoms with Crippen LogP contribution >= 0.6 is 0 Å². The van der Waals surface area contributed by atoms with E-state index < -0.39 is 24.9 Å². The van der Waals surface area contributed by atoms with Gasteiger partial charge >= 0.3 is 5.97 Å². The van der Waals surface area contributed by atoms with Gasteiger partial charge in [-0.1, -0.05) is 0 Å². The average molecular weight is 255 g/mol. The second-order valence-corrected chi connectivity index (χ2v) is 3.37. The minimum absolute atomic E-state index is 0.173. The molecule has 0 aliphatic carbocycles. The van der Waals surface area contributed by atoms with Crippen molar-refractivity contribution in [1.29, 1.82) is 0 Å². The standard InChI is InChI=1S/C7H14FNO2.C3H5FO2/c1-5(9-6(2)10)7(4-8)11-3;1-2(4)3(5)6/h5,7H,4H2,1-3H3,(H,9,10);2H,1H3,(H,5,6). The third-order valence-electron chi connectivity index (χ3n) is 1.78. The summed E-state index contributed by atoms with van der Waals surface area (Å²) in [5.41, 5.74) is 0. The molecule has 17 heavy (non-hydrogen) atoms. The number of amides is 1. The summed E-state index contributed by atoms with van der Waals surface area (Å²) < 4.78 is 28.1. The highest BCUT2D eigenvalue weighted by molar-refractivity contribution is 5.73. The van der Waals surface area contributed by atoms with Gasteiger partial charge in [-0.25, -0.2) is 13.6 Å². The molecular formula is C10H19F2NO4. The average Bonchev–Trinajstić information content (AvgIpc) is 2.19. The molecule has 102 valence electrons. The summed E-state index contributed by atoms with van der Waals surface area (Å²) in [5, 5.41) is 10.2. The minimum atomic E-state index is -1.73. The highest BCUT2D eigenvalue weighted by Gasteiger charge is 2.16. The second-order valence-electron chi connectivity index (χ2n) is 3.37. The Hall–Kier alpha value is -1.24. The normalized spacial score (nSPS) is 14.9. The van der Waals surface area contributed by atoms with Crippen molar-refractivity contribution in [1.82, 2.24) is 5.32 Å². The number of carbonyl (C=O) groups excluding carboxylic acids is 1. The van der Waals surface area contributed by atoms with Crippen LogP contribution in [0.15, 0.2) is 0 Å². The van der Waals surface area contributed by atoms with E-state index in [-0.39, 0.29) is 11.9 Å². The zero-order chi connectivity index (χ0) is 14.0. The van der Waals surface area contributed by atoms with Gasteiger partial charge < -0.3 is 15.2 Å². The molecule has 7 heteroatoms. The molecule has 1 amide bonds. The fourth-order valence-electron chi connectivity index (χ4n) is 0.814. The summed E-state index contributed by atoms with van der Waals surface area (Å²) in [5.74, 6) is -1.58. The van der Waals surface area contributed by atoms with E-state index in [1.54, 1.807) is 6.92 Å². The van der Waals surface area contributed by atoms with Gasteiger partial charge in [0.05, 0.1) is 6.04 Å². The molecule has 0 aromatic heterocycles. The molecule has 0 aliphatic rings. The van der Waals surface area contributed by atoms with E-state index in [4.69, 9.17) is 9.84 Å². The lowest BCUT2D eigenvalue weighted by atomic mass is 10.2. The number of nitrogens with one attached hydrogen (secondary N) is 1. The zero-order valence-electron chi connectivity index (χ0n) is 10.4. The lowest BCUT2D eigenvalue weighted by molar-refractivity contribution is -0.142. The Bertz CT molecular complexity index is 232. The number of carboxylic acids is 1. The topological polar surface area (TPSA) is 75.6 Å². The first-order chi connectivity index (χ1) is 7.76. The van der Waals surface area contributed by atoms with E-state index in [1.807, 2.05) is 0 Å². The van der Waals surface area contributed by atoms with Crippen LogP contribution in [0.2, 0.25) is 0 Å². The molecule has 0 spiro atoms. The third kappa shape index (κ3) is 11.0. The van der Waals surface area contributed by atoms with Crippen LogP contribution < -0.4 is 5.32 Å². The van der Waals surface area contributed by atoms with Crippen molar-refractivity contribution in [2.45, 2.75) is 39.1 Å². The summed E-state index contributed by atoms with van der Waals surface area (Å²) in [7, 11) is 1.42. The molecule has 2 N–H and O–H groups in total. The highest BCUT2D eigenvalue weighted by Crippen LogP contribution is 1.98. The molecule has 3 unspecified atom stereocenters. The Balaban J connectivity index is 0. The van der Waals surface area contributed by atoms with Crippen LogP contribution in [0.4, 0.5) is 8.78 Å². The molecule has 0 aromatic carbocycles. The maximum atomic E-state index is 12.1.